The van der Waals surface area contributed by atoms with E-state index in [2.05, 4.69) is 40.6 Å². The molecule has 0 unspecified atom stereocenters. The molecular weight excluding hydrogens is 1020 g/mol. The van der Waals surface area contributed by atoms with E-state index in [0.717, 1.165) is 69.3 Å². The summed E-state index contributed by atoms with van der Waals surface area (Å²) in [5.74, 6) is 4.34. The third-order valence-electron chi connectivity index (χ3n) is 11.1. The van der Waals surface area contributed by atoms with Crippen LogP contribution in [0.4, 0.5) is 0 Å². The summed E-state index contributed by atoms with van der Waals surface area (Å²) in [6.07, 6.45) is 2.67. The van der Waals surface area contributed by atoms with Crippen molar-refractivity contribution >= 4 is 71.1 Å². The molecule has 0 aromatic heterocycles. The van der Waals surface area contributed by atoms with Gasteiger partial charge >= 0.3 is 35.5 Å². The smallest absolute Gasteiger partial charge is 0.870 e. The Morgan fingerprint density at radius 2 is 0.890 bits per heavy atom. The van der Waals surface area contributed by atoms with Gasteiger partial charge in [-0.15, -0.1) is 0 Å². The van der Waals surface area contributed by atoms with Crippen LogP contribution in [0.25, 0.3) is 0 Å². The molecule has 0 radical (unpaired) electrons. The molecule has 0 saturated carbocycles. The zero-order chi connectivity index (χ0) is 54.7. The largest absolute Gasteiger partial charge is 1.00 e. The summed E-state index contributed by atoms with van der Waals surface area (Å²) < 4.78 is 9.09. The molecule has 0 fully saturated rings. The van der Waals surface area contributed by atoms with Crippen molar-refractivity contribution in [2.75, 3.05) is 0 Å². The molecule has 0 atom stereocenters. The van der Waals surface area contributed by atoms with Gasteiger partial charge < -0.3 is 10.6 Å². The van der Waals surface area contributed by atoms with Crippen molar-refractivity contribution in [1.29, 1.82) is 0 Å². The topological polar surface area (TPSA) is 197 Å². The number of halogens is 3. The van der Waals surface area contributed by atoms with E-state index in [1.165, 1.54) is 15.6 Å². The van der Waals surface area contributed by atoms with E-state index in [0.29, 0.717) is 27.8 Å². The molecule has 73 heavy (non-hydrogen) atoms. The number of hydrogen-bond donors (Lipinski definition) is 3. The normalized spacial score (nSPS) is 10.4. The fourth-order valence-electron chi connectivity index (χ4n) is 7.34. The van der Waals surface area contributed by atoms with Gasteiger partial charge in [0.25, 0.3) is 23.0 Å². The number of nitrogens with two attached hydrogens (primary N) is 1. The maximum Gasteiger partial charge on any atom is 1.00 e. The molecule has 12 nitrogen and oxygen atoms in total. The van der Waals surface area contributed by atoms with Gasteiger partial charge in [0.15, 0.2) is 0 Å². The second-order valence-corrected chi connectivity index (χ2v) is 21.8. The number of hydrazine groups is 2. The van der Waals surface area contributed by atoms with E-state index in [4.69, 9.17) is 26.8 Å². The van der Waals surface area contributed by atoms with E-state index in [1.807, 2.05) is 164 Å². The zero-order valence-electron chi connectivity index (χ0n) is 45.6. The van der Waals surface area contributed by atoms with Gasteiger partial charge in [0.1, 0.15) is 0 Å². The number of benzene rings is 5. The van der Waals surface area contributed by atoms with Gasteiger partial charge in [-0.05, 0) is 197 Å². The number of carboxylic acids is 1. The van der Waals surface area contributed by atoms with Crippen LogP contribution in [-0.2, 0) is 28.5 Å². The van der Waals surface area contributed by atoms with Crippen molar-refractivity contribution in [1.82, 2.24) is 15.4 Å². The van der Waals surface area contributed by atoms with Crippen LogP contribution in [0.3, 0.4) is 0 Å². The number of amides is 3. The third kappa shape index (κ3) is 23.4. The molecule has 5 aromatic carbocycles. The van der Waals surface area contributed by atoms with Crippen molar-refractivity contribution in [2.24, 2.45) is 5.84 Å². The third-order valence-corrected chi connectivity index (χ3v) is 11.3. The van der Waals surface area contributed by atoms with Crippen LogP contribution in [0, 0.1) is 48.5 Å². The SMILES string of the molecule is CCc1cccc(C(=O)Cl)c1C.CCc1cccc(C(=O)NN(C(=O)c2cc(C)cc(C)c2)C(C)(C)C)c1C.CCc1cccc(C(=O)O)c1C.Cc1cc(C)cc(C(=O)N(N)C(C)(C)C)c1.O=S(Cl)Cl.[Na+].[OH-]. The Labute approximate surface area is 472 Å². The van der Waals surface area contributed by atoms with Gasteiger partial charge in [-0.2, -0.15) is 0 Å². The Morgan fingerprint density at radius 3 is 1.21 bits per heavy atom. The maximum absolute atomic E-state index is 13.2. The number of aryl methyl sites for hydroxylation is 7. The van der Waals surface area contributed by atoms with Gasteiger partial charge in [0.2, 0.25) is 9.23 Å². The molecule has 0 saturated heterocycles. The van der Waals surface area contributed by atoms with Gasteiger partial charge in [0.05, 0.1) is 16.6 Å². The Kier molecular flexibility index (Phi) is 31.8. The summed E-state index contributed by atoms with van der Waals surface area (Å²) in [7, 11) is 7.36. The Bertz CT molecular complexity index is 2580. The molecule has 5 aromatic rings. The predicted octanol–water partition coefficient (Wildman–Crippen LogP) is 10.2. The van der Waals surface area contributed by atoms with Crippen LogP contribution in [0.15, 0.2) is 91.0 Å². The van der Waals surface area contributed by atoms with E-state index in [-0.39, 0.29) is 63.5 Å². The first-order valence-electron chi connectivity index (χ1n) is 23.2. The second-order valence-electron chi connectivity index (χ2n) is 18.9. The molecule has 0 bridgehead atoms. The summed E-state index contributed by atoms with van der Waals surface area (Å²) in [6, 6.07) is 28.2. The summed E-state index contributed by atoms with van der Waals surface area (Å²) in [5, 5.41) is 11.1. The minimum absolute atomic E-state index is 0. The molecule has 394 valence electrons. The number of nitrogens with zero attached hydrogens (tertiary/aromatic N) is 2. The Balaban J connectivity index is 0. The number of carbonyl (C=O) groups excluding carboxylic acids is 4. The summed E-state index contributed by atoms with van der Waals surface area (Å²) >= 11 is 5.40. The molecule has 0 aliphatic rings. The minimum Gasteiger partial charge on any atom is -0.870 e. The number of aromatic carboxylic acids is 1. The van der Waals surface area contributed by atoms with Gasteiger partial charge in [-0.3, -0.25) is 29.6 Å². The van der Waals surface area contributed by atoms with Crippen LogP contribution in [0.2, 0.25) is 0 Å². The number of hydrogen-bond acceptors (Lipinski definition) is 8. The fraction of sp³-hybridized carbons (Fsp3) is 0.375. The van der Waals surface area contributed by atoms with E-state index >= 15 is 0 Å². The molecule has 0 aliphatic carbocycles. The molecular formula is C56H74Cl3N4NaO8S. The van der Waals surface area contributed by atoms with Crippen LogP contribution in [0.1, 0.15) is 170 Å². The monoisotopic (exact) mass is 1090 g/mol. The second kappa shape index (κ2) is 32.8. The number of carbonyl (C=O) groups is 5. The first-order valence-corrected chi connectivity index (χ1v) is 26.3. The van der Waals surface area contributed by atoms with Crippen molar-refractivity contribution < 1.29 is 68.3 Å². The summed E-state index contributed by atoms with van der Waals surface area (Å²) in [4.78, 5) is 59.8. The first-order chi connectivity index (χ1) is 32.8. The molecule has 0 aliphatic heterocycles. The van der Waals surface area contributed by atoms with E-state index < -0.39 is 20.7 Å². The molecule has 3 amide bonds. The van der Waals surface area contributed by atoms with Gasteiger partial charge in [0, 0.05) is 43.6 Å². The summed E-state index contributed by atoms with van der Waals surface area (Å²) in [5.41, 5.74) is 15.2. The summed E-state index contributed by atoms with van der Waals surface area (Å²) in [6.45, 7) is 31.2. The molecule has 5 N–H and O–H groups in total. The van der Waals surface area contributed by atoms with E-state index in [1.54, 1.807) is 24.3 Å². The quantitative estimate of drug-likeness (QED) is 0.0445. The van der Waals surface area contributed by atoms with Crippen LogP contribution >= 0.6 is 33.0 Å². The average molecular weight is 1090 g/mol. The fourth-order valence-corrected chi connectivity index (χ4v) is 7.55. The van der Waals surface area contributed by atoms with Gasteiger partial charge in [-0.1, -0.05) is 91.6 Å². The van der Waals surface area contributed by atoms with Crippen molar-refractivity contribution in [3.05, 3.63) is 174 Å². The van der Waals surface area contributed by atoms with Crippen molar-refractivity contribution in [3.63, 3.8) is 0 Å². The standard InChI is InChI=1S/C23H30N2O2.C13H20N2O.C10H11ClO.C10H12O2.Cl2OS.Na.H2O/c1-8-18-10-9-11-20(17(18)4)21(26)24-25(23(5,6)7)22(27)19-13-15(2)12-16(3)14-19;1-9-6-10(2)8-11(7-9)12(16)15(14)13(3,4)5;2*1-3-8-5-4-6-9(7(8)2)10(11)12;1-4(2)3;;/h9-14H,8H2,1-7H3,(H,24,26);6-8H,14H2,1-5H3;4-6H,3H2,1-2H3;4-6H,3H2,1-2H3,(H,11,12);;;1H2/q;;;;;+1;/p-1. The number of nitrogens with one attached hydrogen (secondary N) is 1. The molecule has 0 spiro atoms. The number of carboxylic acid groups (broad SMARTS) is 1. The first kappa shape index (κ1) is 70.7. The van der Waals surface area contributed by atoms with Gasteiger partial charge in [-0.25, -0.2) is 19.9 Å². The molecule has 17 heteroatoms. The maximum atomic E-state index is 13.2. The van der Waals surface area contributed by atoms with Crippen molar-refractivity contribution in [2.45, 2.75) is 141 Å². The predicted molar refractivity (Wildman–Crippen MR) is 296 cm³/mol. The van der Waals surface area contributed by atoms with Crippen LogP contribution < -0.4 is 40.8 Å². The number of rotatable bonds is 8. The van der Waals surface area contributed by atoms with Crippen LogP contribution in [-0.4, -0.2) is 64.8 Å². The molecule has 5 rings (SSSR count). The van der Waals surface area contributed by atoms with Crippen LogP contribution in [0.5, 0.6) is 0 Å². The zero-order valence-corrected chi connectivity index (χ0v) is 50.7. The van der Waals surface area contributed by atoms with E-state index in [9.17, 15) is 24.0 Å². The average Bonchev–Trinajstić information content (AvgIpc) is 3.26. The molecule has 0 heterocycles. The minimum atomic E-state index is -1.67. The Morgan fingerprint density at radius 1 is 0.575 bits per heavy atom. The Hall–Kier alpha value is -4.41. The van der Waals surface area contributed by atoms with Crippen molar-refractivity contribution in [3.8, 4) is 0 Å².